The minimum absolute atomic E-state index is 0.201. The van der Waals surface area contributed by atoms with Crippen LogP contribution in [0.3, 0.4) is 0 Å². The lowest BCUT2D eigenvalue weighted by molar-refractivity contribution is -0.0231. The minimum Gasteiger partial charge on any atom is -0.396 e. The number of anilines is 1. The third kappa shape index (κ3) is 3.02. The number of nitrogen functional groups attached to an aromatic ring is 1. The van der Waals surface area contributed by atoms with E-state index in [1.54, 1.807) is 18.2 Å². The van der Waals surface area contributed by atoms with Gasteiger partial charge in [0.25, 0.3) is 0 Å². The fourth-order valence-electron chi connectivity index (χ4n) is 2.77. The van der Waals surface area contributed by atoms with E-state index in [9.17, 15) is 4.39 Å². The normalized spacial score (nSPS) is 24.1. The van der Waals surface area contributed by atoms with Crippen molar-refractivity contribution in [1.29, 1.82) is 0 Å². The third-order valence-corrected chi connectivity index (χ3v) is 3.93. The smallest absolute Gasteiger partial charge is 0.151 e. The van der Waals surface area contributed by atoms with Crippen LogP contribution in [0, 0.1) is 11.7 Å². The van der Waals surface area contributed by atoms with Crippen LogP contribution >= 0.6 is 0 Å². The summed E-state index contributed by atoms with van der Waals surface area (Å²) >= 11 is 0. The van der Waals surface area contributed by atoms with Crippen LogP contribution in [-0.4, -0.2) is 6.10 Å². The maximum atomic E-state index is 13.7. The SMILES string of the molecule is CCC1CCCCC1OCc1cccc(N)c1F. The van der Waals surface area contributed by atoms with Crippen LogP contribution in [-0.2, 0) is 11.3 Å². The zero-order valence-electron chi connectivity index (χ0n) is 11.0. The van der Waals surface area contributed by atoms with Gasteiger partial charge in [-0.3, -0.25) is 0 Å². The van der Waals surface area contributed by atoms with Crippen LogP contribution in [0.1, 0.15) is 44.6 Å². The van der Waals surface area contributed by atoms with Crippen molar-refractivity contribution in [2.24, 2.45) is 5.92 Å². The average Bonchev–Trinajstić information content (AvgIpc) is 2.41. The molecule has 0 amide bonds. The Bertz CT molecular complexity index is 394. The molecule has 0 radical (unpaired) electrons. The zero-order chi connectivity index (χ0) is 13.0. The first-order valence-corrected chi connectivity index (χ1v) is 6.86. The molecule has 2 unspecified atom stereocenters. The minimum atomic E-state index is -0.332. The molecule has 18 heavy (non-hydrogen) atoms. The summed E-state index contributed by atoms with van der Waals surface area (Å²) in [5.74, 6) is 0.296. The van der Waals surface area contributed by atoms with E-state index in [0.717, 1.165) is 12.8 Å². The van der Waals surface area contributed by atoms with Gasteiger partial charge in [0.2, 0.25) is 0 Å². The Kier molecular flexibility index (Phi) is 4.59. The van der Waals surface area contributed by atoms with Crippen LogP contribution in [0.5, 0.6) is 0 Å². The topological polar surface area (TPSA) is 35.2 Å². The van der Waals surface area contributed by atoms with Crippen molar-refractivity contribution >= 4 is 5.69 Å². The summed E-state index contributed by atoms with van der Waals surface area (Å²) in [5.41, 5.74) is 6.32. The number of halogens is 1. The molecule has 0 bridgehead atoms. The standard InChI is InChI=1S/C15H22FNO/c1-2-11-6-3-4-9-14(11)18-10-12-7-5-8-13(17)15(12)16/h5,7-8,11,14H,2-4,6,9-10,17H2,1H3. The molecule has 2 nitrogen and oxygen atoms in total. The first-order chi connectivity index (χ1) is 8.72. The lowest BCUT2D eigenvalue weighted by Gasteiger charge is -2.30. The van der Waals surface area contributed by atoms with Crippen LogP contribution in [0.4, 0.5) is 10.1 Å². The van der Waals surface area contributed by atoms with Crippen LogP contribution in [0.2, 0.25) is 0 Å². The number of ether oxygens (including phenoxy) is 1. The molecular formula is C15H22FNO. The lowest BCUT2D eigenvalue weighted by Crippen LogP contribution is -2.27. The number of hydrogen-bond acceptors (Lipinski definition) is 2. The summed E-state index contributed by atoms with van der Waals surface area (Å²) in [7, 11) is 0. The summed E-state index contributed by atoms with van der Waals surface area (Å²) in [6.07, 6.45) is 6.28. The van der Waals surface area contributed by atoms with Crippen LogP contribution in [0.15, 0.2) is 18.2 Å². The predicted octanol–water partition coefficient (Wildman–Crippen LogP) is 3.89. The van der Waals surface area contributed by atoms with Crippen LogP contribution in [0.25, 0.3) is 0 Å². The fourth-order valence-corrected chi connectivity index (χ4v) is 2.77. The van der Waals surface area contributed by atoms with Gasteiger partial charge in [0, 0.05) is 5.56 Å². The maximum Gasteiger partial charge on any atom is 0.151 e. The van der Waals surface area contributed by atoms with E-state index in [-0.39, 0.29) is 17.6 Å². The van der Waals surface area contributed by atoms with Gasteiger partial charge >= 0.3 is 0 Å². The maximum absolute atomic E-state index is 13.7. The fraction of sp³-hybridized carbons (Fsp3) is 0.600. The molecule has 1 aromatic carbocycles. The van der Waals surface area contributed by atoms with Crippen molar-refractivity contribution in [3.05, 3.63) is 29.6 Å². The van der Waals surface area contributed by atoms with Gasteiger partial charge in [-0.1, -0.05) is 38.3 Å². The van der Waals surface area contributed by atoms with E-state index < -0.39 is 0 Å². The summed E-state index contributed by atoms with van der Waals surface area (Å²) in [5, 5.41) is 0. The summed E-state index contributed by atoms with van der Waals surface area (Å²) in [6, 6.07) is 5.10. The highest BCUT2D eigenvalue weighted by atomic mass is 19.1. The Morgan fingerprint density at radius 1 is 1.33 bits per heavy atom. The monoisotopic (exact) mass is 251 g/mol. The Labute approximate surface area is 108 Å². The van der Waals surface area contributed by atoms with Gasteiger partial charge in [-0.2, -0.15) is 0 Å². The molecule has 1 fully saturated rings. The van der Waals surface area contributed by atoms with Crippen molar-refractivity contribution in [3.8, 4) is 0 Å². The molecule has 3 heteroatoms. The number of hydrogen-bond donors (Lipinski definition) is 1. The summed E-state index contributed by atoms with van der Waals surface area (Å²) in [6.45, 7) is 2.53. The summed E-state index contributed by atoms with van der Waals surface area (Å²) < 4.78 is 19.6. The molecule has 1 aliphatic rings. The van der Waals surface area contributed by atoms with Gasteiger partial charge in [-0.15, -0.1) is 0 Å². The van der Waals surface area contributed by atoms with Gasteiger partial charge in [0.1, 0.15) is 0 Å². The van der Waals surface area contributed by atoms with Gasteiger partial charge < -0.3 is 10.5 Å². The van der Waals surface area contributed by atoms with Crippen molar-refractivity contribution < 1.29 is 9.13 Å². The van der Waals surface area contributed by atoms with Crippen molar-refractivity contribution in [1.82, 2.24) is 0 Å². The first-order valence-electron chi connectivity index (χ1n) is 6.86. The molecule has 0 aromatic heterocycles. The van der Waals surface area contributed by atoms with Gasteiger partial charge in [-0.05, 0) is 24.8 Å². The first kappa shape index (κ1) is 13.3. The molecule has 1 aliphatic carbocycles. The Hall–Kier alpha value is -1.09. The predicted molar refractivity (Wildman–Crippen MR) is 71.6 cm³/mol. The molecule has 0 aliphatic heterocycles. The van der Waals surface area contributed by atoms with Gasteiger partial charge in [-0.25, -0.2) is 4.39 Å². The van der Waals surface area contributed by atoms with Gasteiger partial charge in [0.15, 0.2) is 5.82 Å². The van der Waals surface area contributed by atoms with E-state index in [0.29, 0.717) is 18.1 Å². The zero-order valence-corrected chi connectivity index (χ0v) is 11.0. The largest absolute Gasteiger partial charge is 0.396 e. The highest BCUT2D eigenvalue weighted by molar-refractivity contribution is 5.42. The molecular weight excluding hydrogens is 229 g/mol. The second-order valence-corrected chi connectivity index (χ2v) is 5.12. The quantitative estimate of drug-likeness (QED) is 0.824. The Morgan fingerprint density at radius 2 is 2.11 bits per heavy atom. The Balaban J connectivity index is 1.96. The van der Waals surface area contributed by atoms with Crippen molar-refractivity contribution in [2.75, 3.05) is 5.73 Å². The molecule has 2 atom stereocenters. The van der Waals surface area contributed by atoms with Crippen molar-refractivity contribution in [3.63, 3.8) is 0 Å². The van der Waals surface area contributed by atoms with E-state index in [1.165, 1.54) is 19.3 Å². The van der Waals surface area contributed by atoms with E-state index >= 15 is 0 Å². The lowest BCUT2D eigenvalue weighted by atomic mass is 9.85. The highest BCUT2D eigenvalue weighted by Gasteiger charge is 2.24. The Morgan fingerprint density at radius 3 is 2.89 bits per heavy atom. The van der Waals surface area contributed by atoms with E-state index in [1.807, 2.05) is 0 Å². The molecule has 1 aromatic rings. The summed E-state index contributed by atoms with van der Waals surface area (Å²) in [4.78, 5) is 0. The van der Waals surface area contributed by atoms with E-state index in [2.05, 4.69) is 6.92 Å². The van der Waals surface area contributed by atoms with Crippen LogP contribution < -0.4 is 5.73 Å². The second-order valence-electron chi connectivity index (χ2n) is 5.12. The molecule has 0 spiro atoms. The number of rotatable bonds is 4. The molecule has 1 saturated carbocycles. The van der Waals surface area contributed by atoms with Crippen molar-refractivity contribution in [2.45, 2.75) is 51.7 Å². The number of nitrogens with two attached hydrogens (primary N) is 1. The highest BCUT2D eigenvalue weighted by Crippen LogP contribution is 2.30. The molecule has 0 saturated heterocycles. The second kappa shape index (κ2) is 6.19. The van der Waals surface area contributed by atoms with Gasteiger partial charge in [0.05, 0.1) is 18.4 Å². The molecule has 2 N–H and O–H groups in total. The molecule has 2 rings (SSSR count). The molecule has 0 heterocycles. The number of benzene rings is 1. The third-order valence-electron chi connectivity index (χ3n) is 3.93. The molecule has 100 valence electrons. The van der Waals surface area contributed by atoms with E-state index in [4.69, 9.17) is 10.5 Å². The average molecular weight is 251 g/mol.